The molecule has 0 aliphatic rings. The number of halogens is 1. The minimum Gasteiger partial charge on any atom is -0.478 e. The average molecular weight is 230 g/mol. The summed E-state index contributed by atoms with van der Waals surface area (Å²) in [5.74, 6) is -1.49. The minimum atomic E-state index is -1.05. The zero-order valence-electron chi connectivity index (χ0n) is 9.27. The van der Waals surface area contributed by atoms with Crippen molar-refractivity contribution in [2.45, 2.75) is 6.92 Å². The van der Waals surface area contributed by atoms with Gasteiger partial charge >= 0.3 is 5.97 Å². The number of aromatic carboxylic acids is 1. The average Bonchev–Trinajstić information content (AvgIpc) is 2.28. The smallest absolute Gasteiger partial charge is 0.336 e. The van der Waals surface area contributed by atoms with Gasteiger partial charge in [0.2, 0.25) is 0 Å². The lowest BCUT2D eigenvalue weighted by molar-refractivity contribution is 0.0697. The molecule has 0 saturated carbocycles. The van der Waals surface area contributed by atoms with E-state index in [-0.39, 0.29) is 5.56 Å². The molecule has 0 amide bonds. The van der Waals surface area contributed by atoms with Crippen LogP contribution in [0.3, 0.4) is 0 Å². The van der Waals surface area contributed by atoms with Crippen LogP contribution >= 0.6 is 0 Å². The normalized spacial score (nSPS) is 10.2. The van der Waals surface area contributed by atoms with Gasteiger partial charge < -0.3 is 5.11 Å². The number of carboxylic acids is 1. The highest BCUT2D eigenvalue weighted by atomic mass is 19.1. The molecular formula is C14H11FO2. The second kappa shape index (κ2) is 4.37. The van der Waals surface area contributed by atoms with Crippen molar-refractivity contribution < 1.29 is 14.3 Å². The van der Waals surface area contributed by atoms with E-state index in [9.17, 15) is 9.18 Å². The van der Waals surface area contributed by atoms with Gasteiger partial charge in [0, 0.05) is 0 Å². The summed E-state index contributed by atoms with van der Waals surface area (Å²) in [7, 11) is 0. The number of carbonyl (C=O) groups is 1. The van der Waals surface area contributed by atoms with E-state index in [1.165, 1.54) is 12.1 Å². The van der Waals surface area contributed by atoms with Gasteiger partial charge in [-0.15, -0.1) is 0 Å². The SMILES string of the molecule is Cc1cccc(-c2cc(F)ccc2C(=O)O)c1. The zero-order chi connectivity index (χ0) is 12.4. The monoisotopic (exact) mass is 230 g/mol. The van der Waals surface area contributed by atoms with E-state index in [1.54, 1.807) is 6.07 Å². The Morgan fingerprint density at radius 3 is 2.59 bits per heavy atom. The highest BCUT2D eigenvalue weighted by molar-refractivity contribution is 5.96. The van der Waals surface area contributed by atoms with Crippen LogP contribution in [0.4, 0.5) is 4.39 Å². The molecule has 0 aliphatic carbocycles. The van der Waals surface area contributed by atoms with Crippen molar-refractivity contribution in [3.05, 3.63) is 59.4 Å². The Morgan fingerprint density at radius 1 is 1.18 bits per heavy atom. The second-order valence-corrected chi connectivity index (χ2v) is 3.86. The highest BCUT2D eigenvalue weighted by Gasteiger charge is 2.12. The molecule has 0 aromatic heterocycles. The molecule has 2 nitrogen and oxygen atoms in total. The molecule has 2 rings (SSSR count). The number of rotatable bonds is 2. The van der Waals surface area contributed by atoms with Crippen molar-refractivity contribution in [1.82, 2.24) is 0 Å². The molecule has 0 bridgehead atoms. The molecule has 0 saturated heterocycles. The van der Waals surface area contributed by atoms with Crippen molar-refractivity contribution in [2.24, 2.45) is 0 Å². The van der Waals surface area contributed by atoms with Crippen LogP contribution in [0, 0.1) is 12.7 Å². The molecule has 0 heterocycles. The van der Waals surface area contributed by atoms with Crippen LogP contribution in [-0.4, -0.2) is 11.1 Å². The van der Waals surface area contributed by atoms with Gasteiger partial charge in [0.1, 0.15) is 5.82 Å². The number of carboxylic acid groups (broad SMARTS) is 1. The Balaban J connectivity index is 2.65. The third kappa shape index (κ3) is 2.33. The van der Waals surface area contributed by atoms with Crippen LogP contribution in [0.5, 0.6) is 0 Å². The molecular weight excluding hydrogens is 219 g/mol. The maximum Gasteiger partial charge on any atom is 0.336 e. The van der Waals surface area contributed by atoms with Gasteiger partial charge in [-0.2, -0.15) is 0 Å². The fourth-order valence-electron chi connectivity index (χ4n) is 1.75. The Labute approximate surface area is 98.3 Å². The van der Waals surface area contributed by atoms with E-state index in [2.05, 4.69) is 0 Å². The van der Waals surface area contributed by atoms with Gasteiger partial charge in [-0.25, -0.2) is 9.18 Å². The molecule has 2 aromatic carbocycles. The highest BCUT2D eigenvalue weighted by Crippen LogP contribution is 2.25. The standard InChI is InChI=1S/C14H11FO2/c1-9-3-2-4-10(7-9)13-8-11(15)5-6-12(13)14(16)17/h2-8H,1H3,(H,16,17). The first-order valence-electron chi connectivity index (χ1n) is 5.18. The summed E-state index contributed by atoms with van der Waals surface area (Å²) in [6.45, 7) is 1.91. The fraction of sp³-hybridized carbons (Fsp3) is 0.0714. The summed E-state index contributed by atoms with van der Waals surface area (Å²) in [5, 5.41) is 9.06. The first-order chi connectivity index (χ1) is 8.08. The summed E-state index contributed by atoms with van der Waals surface area (Å²) >= 11 is 0. The maximum atomic E-state index is 13.2. The topological polar surface area (TPSA) is 37.3 Å². The molecule has 0 fully saturated rings. The zero-order valence-corrected chi connectivity index (χ0v) is 9.27. The lowest BCUT2D eigenvalue weighted by Crippen LogP contribution is -2.00. The molecule has 0 aliphatic heterocycles. The van der Waals surface area contributed by atoms with Gasteiger partial charge in [-0.05, 0) is 36.2 Å². The van der Waals surface area contributed by atoms with E-state index in [0.29, 0.717) is 11.1 Å². The first-order valence-corrected chi connectivity index (χ1v) is 5.18. The summed E-state index contributed by atoms with van der Waals surface area (Å²) < 4.78 is 13.2. The van der Waals surface area contributed by atoms with Crippen molar-refractivity contribution in [2.75, 3.05) is 0 Å². The predicted molar refractivity (Wildman–Crippen MR) is 63.5 cm³/mol. The third-order valence-electron chi connectivity index (χ3n) is 2.54. The Kier molecular flexibility index (Phi) is 2.91. The first kappa shape index (κ1) is 11.3. The van der Waals surface area contributed by atoms with Crippen LogP contribution < -0.4 is 0 Å². The van der Waals surface area contributed by atoms with Crippen LogP contribution in [0.1, 0.15) is 15.9 Å². The molecule has 3 heteroatoms. The van der Waals surface area contributed by atoms with Crippen LogP contribution in [0.15, 0.2) is 42.5 Å². The number of hydrogen-bond acceptors (Lipinski definition) is 1. The Bertz CT molecular complexity index is 576. The van der Waals surface area contributed by atoms with E-state index in [1.807, 2.05) is 25.1 Å². The van der Waals surface area contributed by atoms with Crippen molar-refractivity contribution in [3.63, 3.8) is 0 Å². The molecule has 0 spiro atoms. The number of hydrogen-bond donors (Lipinski definition) is 1. The van der Waals surface area contributed by atoms with Crippen LogP contribution in [-0.2, 0) is 0 Å². The largest absolute Gasteiger partial charge is 0.478 e. The lowest BCUT2D eigenvalue weighted by atomic mass is 9.98. The van der Waals surface area contributed by atoms with Crippen molar-refractivity contribution in [1.29, 1.82) is 0 Å². The maximum absolute atomic E-state index is 13.2. The lowest BCUT2D eigenvalue weighted by Gasteiger charge is -2.07. The minimum absolute atomic E-state index is 0.108. The second-order valence-electron chi connectivity index (χ2n) is 3.86. The van der Waals surface area contributed by atoms with Crippen molar-refractivity contribution >= 4 is 5.97 Å². The fourth-order valence-corrected chi connectivity index (χ4v) is 1.75. The van der Waals surface area contributed by atoms with Gasteiger partial charge in [0.15, 0.2) is 0 Å². The molecule has 17 heavy (non-hydrogen) atoms. The van der Waals surface area contributed by atoms with Gasteiger partial charge in [0.25, 0.3) is 0 Å². The molecule has 1 N–H and O–H groups in total. The summed E-state index contributed by atoms with van der Waals surface area (Å²) in [4.78, 5) is 11.1. The van der Waals surface area contributed by atoms with Gasteiger partial charge in [-0.1, -0.05) is 29.8 Å². The summed E-state index contributed by atoms with van der Waals surface area (Å²) in [5.41, 5.74) is 2.23. The molecule has 0 atom stereocenters. The van der Waals surface area contributed by atoms with E-state index < -0.39 is 11.8 Å². The van der Waals surface area contributed by atoms with E-state index in [0.717, 1.165) is 11.6 Å². The number of aryl methyl sites for hydroxylation is 1. The molecule has 2 aromatic rings. The Hall–Kier alpha value is -2.16. The van der Waals surface area contributed by atoms with E-state index in [4.69, 9.17) is 5.11 Å². The Morgan fingerprint density at radius 2 is 1.94 bits per heavy atom. The third-order valence-corrected chi connectivity index (χ3v) is 2.54. The summed E-state index contributed by atoms with van der Waals surface area (Å²) in [6.07, 6.45) is 0. The number of benzene rings is 2. The van der Waals surface area contributed by atoms with Gasteiger partial charge in [-0.3, -0.25) is 0 Å². The molecule has 86 valence electrons. The van der Waals surface area contributed by atoms with E-state index >= 15 is 0 Å². The van der Waals surface area contributed by atoms with Gasteiger partial charge in [0.05, 0.1) is 5.56 Å². The van der Waals surface area contributed by atoms with Crippen LogP contribution in [0.2, 0.25) is 0 Å². The summed E-state index contributed by atoms with van der Waals surface area (Å²) in [6, 6.07) is 11.0. The van der Waals surface area contributed by atoms with Crippen LogP contribution in [0.25, 0.3) is 11.1 Å². The molecule has 0 unspecified atom stereocenters. The predicted octanol–water partition coefficient (Wildman–Crippen LogP) is 3.50. The quantitative estimate of drug-likeness (QED) is 0.857. The molecule has 0 radical (unpaired) electrons. The van der Waals surface area contributed by atoms with Crippen molar-refractivity contribution in [3.8, 4) is 11.1 Å².